The van der Waals surface area contributed by atoms with Gasteiger partial charge in [-0.1, -0.05) is 35.9 Å². The highest BCUT2D eigenvalue weighted by molar-refractivity contribution is 7.88. The highest BCUT2D eigenvalue weighted by atomic mass is 35.5. The number of ether oxygens (including phenoxy) is 2. The molecule has 0 unspecified atom stereocenters. The summed E-state index contributed by atoms with van der Waals surface area (Å²) >= 11 is 6.72. The molecule has 15 heteroatoms. The SMILES string of the molecule is CS(=O)(=O)N1CCN(c2nc(OC[C@@H]3CCCN3CCCOCCC(=O)O)nc3c2CCN(c2cccc4cccc(Cl)c24)C3)C[C@@H]1CC#N. The predicted molar refractivity (Wildman–Crippen MR) is 191 cm³/mol. The Kier molecular flexibility index (Phi) is 11.6. The average Bonchev–Trinajstić information content (AvgIpc) is 3.54. The van der Waals surface area contributed by atoms with Gasteiger partial charge in [-0.25, -0.2) is 8.42 Å². The van der Waals surface area contributed by atoms with E-state index in [0.717, 1.165) is 72.4 Å². The first-order chi connectivity index (χ1) is 24.1. The number of aliphatic carboxylic acids is 1. The zero-order chi connectivity index (χ0) is 35.3. The van der Waals surface area contributed by atoms with E-state index < -0.39 is 22.0 Å². The Morgan fingerprint density at radius 2 is 1.90 bits per heavy atom. The number of sulfonamides is 1. The van der Waals surface area contributed by atoms with Crippen molar-refractivity contribution in [2.45, 2.75) is 57.2 Å². The standard InChI is InChI=1S/C35H44ClN7O6S/c1-50(46,47)43-19-18-42(22-26(43)11-14-37)34-28-12-17-41(31-10-3-7-25-6-2-9-29(36)33(25)31)23-30(28)38-35(39-34)49-24-27-8-4-15-40(27)16-5-20-48-21-13-32(44)45/h2-3,6-7,9-10,26-27H,4-5,8,11-13,15-24H2,1H3,(H,44,45)/t26-,27-/m0/s1. The van der Waals surface area contributed by atoms with Crippen LogP contribution in [-0.4, -0.2) is 116 Å². The summed E-state index contributed by atoms with van der Waals surface area (Å²) in [6.07, 6.45) is 4.78. The van der Waals surface area contributed by atoms with Crippen LogP contribution in [0.15, 0.2) is 36.4 Å². The molecule has 3 aromatic rings. The fourth-order valence-electron chi connectivity index (χ4n) is 7.38. The number of carboxylic acids is 1. The number of hydrogen-bond donors (Lipinski definition) is 1. The summed E-state index contributed by atoms with van der Waals surface area (Å²) in [5.41, 5.74) is 2.89. The normalized spacial score (nSPS) is 20.2. The van der Waals surface area contributed by atoms with E-state index in [2.05, 4.69) is 39.0 Å². The summed E-state index contributed by atoms with van der Waals surface area (Å²) in [6, 6.07) is 14.2. The second-order valence-electron chi connectivity index (χ2n) is 13.1. The second kappa shape index (κ2) is 16.1. The van der Waals surface area contributed by atoms with Crippen LogP contribution in [0.1, 0.15) is 43.4 Å². The minimum atomic E-state index is -3.48. The predicted octanol–water partition coefficient (Wildman–Crippen LogP) is 3.93. The molecule has 2 saturated heterocycles. The van der Waals surface area contributed by atoms with Crippen LogP contribution in [0, 0.1) is 11.3 Å². The largest absolute Gasteiger partial charge is 0.481 e. The first kappa shape index (κ1) is 36.1. The first-order valence-corrected chi connectivity index (χ1v) is 19.4. The van der Waals surface area contributed by atoms with Crippen LogP contribution in [0.4, 0.5) is 11.5 Å². The Hall–Kier alpha value is -3.74. The smallest absolute Gasteiger partial charge is 0.318 e. The highest BCUT2D eigenvalue weighted by Crippen LogP contribution is 2.37. The molecule has 0 spiro atoms. The molecule has 0 radical (unpaired) electrons. The van der Waals surface area contributed by atoms with Gasteiger partial charge in [-0.2, -0.15) is 19.5 Å². The minimum Gasteiger partial charge on any atom is -0.481 e. The van der Waals surface area contributed by atoms with Crippen molar-refractivity contribution in [3.63, 3.8) is 0 Å². The van der Waals surface area contributed by atoms with Gasteiger partial charge in [-0.15, -0.1) is 0 Å². The fourth-order valence-corrected chi connectivity index (χ4v) is 8.75. The molecular formula is C35H44ClN7O6S. The zero-order valence-electron chi connectivity index (χ0n) is 28.3. The van der Waals surface area contributed by atoms with Gasteiger partial charge in [0.25, 0.3) is 0 Å². The van der Waals surface area contributed by atoms with Gasteiger partial charge in [0.05, 0.1) is 55.1 Å². The first-order valence-electron chi connectivity index (χ1n) is 17.2. The summed E-state index contributed by atoms with van der Waals surface area (Å²) in [5, 5.41) is 21.1. The Morgan fingerprint density at radius 1 is 1.08 bits per heavy atom. The van der Waals surface area contributed by atoms with Crippen molar-refractivity contribution in [2.75, 3.05) is 75.1 Å². The van der Waals surface area contributed by atoms with E-state index in [-0.39, 0.29) is 38.0 Å². The Bertz CT molecular complexity index is 1830. The van der Waals surface area contributed by atoms with Gasteiger partial charge in [-0.05, 0) is 49.7 Å². The van der Waals surface area contributed by atoms with Gasteiger partial charge in [0.1, 0.15) is 12.4 Å². The topological polar surface area (TPSA) is 152 Å². The number of nitrogens with zero attached hydrogens (tertiary/aromatic N) is 7. The van der Waals surface area contributed by atoms with Crippen LogP contribution >= 0.6 is 11.6 Å². The third-order valence-electron chi connectivity index (χ3n) is 9.77. The van der Waals surface area contributed by atoms with E-state index >= 15 is 0 Å². The molecule has 13 nitrogen and oxygen atoms in total. The lowest BCUT2D eigenvalue weighted by Gasteiger charge is -2.41. The molecule has 0 bridgehead atoms. The van der Waals surface area contributed by atoms with E-state index in [4.69, 9.17) is 36.1 Å². The number of anilines is 2. The Labute approximate surface area is 298 Å². The highest BCUT2D eigenvalue weighted by Gasteiger charge is 2.36. The molecule has 0 saturated carbocycles. The van der Waals surface area contributed by atoms with Crippen LogP contribution in [-0.2, 0) is 32.5 Å². The van der Waals surface area contributed by atoms with Crippen LogP contribution < -0.4 is 14.5 Å². The molecule has 1 aromatic heterocycles. The van der Waals surface area contributed by atoms with Crippen molar-refractivity contribution in [3.8, 4) is 12.1 Å². The van der Waals surface area contributed by atoms with Gasteiger partial charge in [0.15, 0.2) is 0 Å². The average molecular weight is 726 g/mol. The number of carbonyl (C=O) groups is 1. The molecule has 0 aliphatic carbocycles. The lowest BCUT2D eigenvalue weighted by Crippen LogP contribution is -2.55. The molecule has 3 aliphatic heterocycles. The third kappa shape index (κ3) is 8.41. The number of rotatable bonds is 14. The number of halogens is 1. The van der Waals surface area contributed by atoms with E-state index in [1.807, 2.05) is 18.2 Å². The number of likely N-dealkylation sites (tertiary alicyclic amines) is 1. The maximum atomic E-state index is 12.6. The van der Waals surface area contributed by atoms with Crippen LogP contribution in [0.3, 0.4) is 0 Å². The number of nitriles is 1. The molecule has 268 valence electrons. The van der Waals surface area contributed by atoms with E-state index in [0.29, 0.717) is 44.3 Å². The molecule has 0 amide bonds. The van der Waals surface area contributed by atoms with Crippen molar-refractivity contribution < 1.29 is 27.8 Å². The molecule has 2 aromatic carbocycles. The molecule has 3 aliphatic rings. The Balaban J connectivity index is 1.24. The number of hydrogen-bond acceptors (Lipinski definition) is 11. The third-order valence-corrected chi connectivity index (χ3v) is 11.4. The lowest BCUT2D eigenvalue weighted by atomic mass is 10.0. The number of aromatic nitrogens is 2. The second-order valence-corrected chi connectivity index (χ2v) is 15.5. The molecule has 1 N–H and O–H groups in total. The van der Waals surface area contributed by atoms with Gasteiger partial charge in [0, 0.05) is 62.0 Å². The summed E-state index contributed by atoms with van der Waals surface area (Å²) in [6.45, 7) is 5.19. The summed E-state index contributed by atoms with van der Waals surface area (Å²) in [7, 11) is -3.48. The van der Waals surface area contributed by atoms with Gasteiger partial charge < -0.3 is 24.4 Å². The van der Waals surface area contributed by atoms with E-state index in [9.17, 15) is 18.5 Å². The molecule has 2 atom stereocenters. The molecule has 6 rings (SSSR count). The van der Waals surface area contributed by atoms with Crippen molar-refractivity contribution >= 4 is 49.9 Å². The van der Waals surface area contributed by atoms with Crippen LogP contribution in [0.25, 0.3) is 10.8 Å². The number of carboxylic acid groups (broad SMARTS) is 1. The van der Waals surface area contributed by atoms with E-state index in [1.54, 1.807) is 0 Å². The maximum Gasteiger partial charge on any atom is 0.318 e. The van der Waals surface area contributed by atoms with Crippen LogP contribution in [0.5, 0.6) is 6.01 Å². The van der Waals surface area contributed by atoms with Crippen molar-refractivity contribution in [2.24, 2.45) is 0 Å². The molecular weight excluding hydrogens is 682 g/mol. The molecule has 2 fully saturated rings. The summed E-state index contributed by atoms with van der Waals surface area (Å²) < 4.78 is 38.4. The summed E-state index contributed by atoms with van der Waals surface area (Å²) in [5.74, 6) is -0.128. The zero-order valence-corrected chi connectivity index (χ0v) is 29.9. The Morgan fingerprint density at radius 3 is 2.68 bits per heavy atom. The van der Waals surface area contributed by atoms with Crippen molar-refractivity contribution in [3.05, 3.63) is 52.7 Å². The fraction of sp³-hybridized carbons (Fsp3) is 0.543. The number of piperazine rings is 1. The van der Waals surface area contributed by atoms with Gasteiger partial charge in [-0.3, -0.25) is 9.69 Å². The quantitative estimate of drug-likeness (QED) is 0.240. The van der Waals surface area contributed by atoms with Crippen molar-refractivity contribution in [1.29, 1.82) is 5.26 Å². The van der Waals surface area contributed by atoms with Gasteiger partial charge >= 0.3 is 12.0 Å². The van der Waals surface area contributed by atoms with Gasteiger partial charge in [0.2, 0.25) is 10.0 Å². The molecule has 4 heterocycles. The minimum absolute atomic E-state index is 0.00274. The lowest BCUT2D eigenvalue weighted by molar-refractivity contribution is -0.138. The number of benzene rings is 2. The van der Waals surface area contributed by atoms with Crippen molar-refractivity contribution in [1.82, 2.24) is 19.2 Å². The van der Waals surface area contributed by atoms with Crippen LogP contribution in [0.2, 0.25) is 5.02 Å². The molecule has 50 heavy (non-hydrogen) atoms. The summed E-state index contributed by atoms with van der Waals surface area (Å²) in [4.78, 5) is 27.4. The number of fused-ring (bicyclic) bond motifs is 2. The van der Waals surface area contributed by atoms with E-state index in [1.165, 1.54) is 10.6 Å². The maximum absolute atomic E-state index is 12.6. The monoisotopic (exact) mass is 725 g/mol.